The number of carbonyl (C=O) groups excluding carboxylic acids is 1. The Morgan fingerprint density at radius 3 is 2.89 bits per heavy atom. The molecule has 0 fully saturated rings. The van der Waals surface area contributed by atoms with Crippen LogP contribution in [0.2, 0.25) is 0 Å². The van der Waals surface area contributed by atoms with Gasteiger partial charge in [0, 0.05) is 0 Å². The molecule has 2 heterocycles. The molecule has 0 aliphatic heterocycles. The summed E-state index contributed by atoms with van der Waals surface area (Å²) >= 11 is 0. The molecule has 7 heteroatoms. The number of H-pyrrole nitrogens is 1. The molecule has 2 N–H and O–H groups in total. The highest BCUT2D eigenvalue weighted by atomic mass is 16.5. The first-order chi connectivity index (χ1) is 13.6. The van der Waals surface area contributed by atoms with Crippen molar-refractivity contribution in [1.82, 2.24) is 19.9 Å². The molecule has 0 saturated carbocycles. The number of nitrogens with one attached hydrogen (secondary N) is 2. The minimum absolute atomic E-state index is 0.241. The van der Waals surface area contributed by atoms with Gasteiger partial charge >= 0.3 is 0 Å². The second-order valence-electron chi connectivity index (χ2n) is 6.49. The molecule has 0 spiro atoms. The van der Waals surface area contributed by atoms with Gasteiger partial charge in [-0.15, -0.1) is 0 Å². The highest BCUT2D eigenvalue weighted by molar-refractivity contribution is 6.00. The molecule has 4 rings (SSSR count). The van der Waals surface area contributed by atoms with E-state index < -0.39 is 0 Å². The van der Waals surface area contributed by atoms with E-state index in [9.17, 15) is 9.59 Å². The predicted molar refractivity (Wildman–Crippen MR) is 107 cm³/mol. The Labute approximate surface area is 161 Å². The van der Waals surface area contributed by atoms with E-state index in [4.69, 9.17) is 4.74 Å². The molecule has 28 heavy (non-hydrogen) atoms. The Balaban J connectivity index is 1.66. The lowest BCUT2D eigenvalue weighted by Gasteiger charge is -2.15. The second-order valence-corrected chi connectivity index (χ2v) is 6.49. The Bertz CT molecular complexity index is 1230. The topological polar surface area (TPSA) is 88.5 Å². The van der Waals surface area contributed by atoms with Crippen molar-refractivity contribution in [2.75, 3.05) is 6.61 Å². The monoisotopic (exact) mass is 376 g/mol. The summed E-state index contributed by atoms with van der Waals surface area (Å²) in [5.41, 5.74) is 2.01. The fourth-order valence-electron chi connectivity index (χ4n) is 3.24. The number of benzene rings is 2. The number of nitrogens with zero attached hydrogens (tertiary/aromatic N) is 2. The summed E-state index contributed by atoms with van der Waals surface area (Å²) in [4.78, 5) is 28.0. The van der Waals surface area contributed by atoms with Crippen LogP contribution in [0.1, 0.15) is 35.8 Å². The summed E-state index contributed by atoms with van der Waals surface area (Å²) in [7, 11) is 0. The molecule has 4 aromatic rings. The summed E-state index contributed by atoms with van der Waals surface area (Å²) in [6.07, 6.45) is 1.47. The Morgan fingerprint density at radius 1 is 1.25 bits per heavy atom. The van der Waals surface area contributed by atoms with Gasteiger partial charge in [-0.2, -0.15) is 5.10 Å². The number of para-hydroxylation sites is 1. The van der Waals surface area contributed by atoms with Crippen LogP contribution in [0, 0.1) is 0 Å². The first-order valence-electron chi connectivity index (χ1n) is 9.11. The number of hydrogen-bond acceptors (Lipinski definition) is 4. The zero-order chi connectivity index (χ0) is 19.7. The number of ether oxygens (including phenoxy) is 1. The minimum atomic E-state index is -0.310. The minimum Gasteiger partial charge on any atom is -0.494 e. The normalized spacial score (nSPS) is 12.2. The highest BCUT2D eigenvalue weighted by Gasteiger charge is 2.18. The predicted octanol–water partition coefficient (Wildman–Crippen LogP) is 3.07. The molecule has 2 aromatic carbocycles. The molecule has 0 radical (unpaired) electrons. The molecule has 0 bridgehead atoms. The van der Waals surface area contributed by atoms with Crippen molar-refractivity contribution in [3.63, 3.8) is 0 Å². The molecule has 1 unspecified atom stereocenters. The number of fused-ring (bicyclic) bond motifs is 3. The van der Waals surface area contributed by atoms with Crippen LogP contribution in [0.25, 0.3) is 16.6 Å². The fraction of sp³-hybridized carbons (Fsp3) is 0.190. The highest BCUT2D eigenvalue weighted by Crippen LogP contribution is 2.20. The smallest absolute Gasteiger partial charge is 0.259 e. The Kier molecular flexibility index (Phi) is 4.57. The number of amides is 1. The van der Waals surface area contributed by atoms with Gasteiger partial charge in [0.25, 0.3) is 11.5 Å². The molecule has 0 aliphatic carbocycles. The third-order valence-corrected chi connectivity index (χ3v) is 4.64. The summed E-state index contributed by atoms with van der Waals surface area (Å²) in [5.74, 6) is 0.447. The summed E-state index contributed by atoms with van der Waals surface area (Å²) in [5, 5.41) is 7.77. The van der Waals surface area contributed by atoms with Gasteiger partial charge in [-0.1, -0.05) is 24.3 Å². The Morgan fingerprint density at radius 2 is 2.07 bits per heavy atom. The van der Waals surface area contributed by atoms with E-state index in [0.717, 1.165) is 11.3 Å². The number of aromatic nitrogens is 3. The van der Waals surface area contributed by atoms with Crippen molar-refractivity contribution in [1.29, 1.82) is 0 Å². The van der Waals surface area contributed by atoms with Gasteiger partial charge in [0.05, 0.1) is 29.7 Å². The molecule has 142 valence electrons. The number of rotatable bonds is 5. The fourth-order valence-corrected chi connectivity index (χ4v) is 3.24. The van der Waals surface area contributed by atoms with Gasteiger partial charge in [-0.05, 0) is 43.7 Å². The van der Waals surface area contributed by atoms with Gasteiger partial charge in [0.1, 0.15) is 17.0 Å². The van der Waals surface area contributed by atoms with Crippen molar-refractivity contribution < 1.29 is 9.53 Å². The second kappa shape index (κ2) is 7.19. The third kappa shape index (κ3) is 3.11. The zero-order valence-electron chi connectivity index (χ0n) is 15.6. The largest absolute Gasteiger partial charge is 0.494 e. The first kappa shape index (κ1) is 17.8. The average molecular weight is 376 g/mol. The average Bonchev–Trinajstić information content (AvgIpc) is 3.13. The SMILES string of the molecule is CCOc1cccc(C(C)NC(=O)c2cnn3c2[nH]c(=O)c2ccccc23)c1. The molecule has 1 atom stereocenters. The van der Waals surface area contributed by atoms with E-state index in [0.29, 0.717) is 28.7 Å². The zero-order valence-corrected chi connectivity index (χ0v) is 15.6. The molecular formula is C21H20N4O3. The van der Waals surface area contributed by atoms with E-state index in [-0.39, 0.29) is 17.5 Å². The van der Waals surface area contributed by atoms with Crippen molar-refractivity contribution in [3.05, 3.63) is 76.2 Å². The number of aromatic amines is 1. The van der Waals surface area contributed by atoms with Gasteiger partial charge in [-0.25, -0.2) is 4.52 Å². The lowest BCUT2D eigenvalue weighted by Crippen LogP contribution is -2.27. The van der Waals surface area contributed by atoms with Crippen LogP contribution in [-0.2, 0) is 0 Å². The van der Waals surface area contributed by atoms with E-state index in [1.54, 1.807) is 22.7 Å². The quantitative estimate of drug-likeness (QED) is 0.560. The third-order valence-electron chi connectivity index (χ3n) is 4.64. The van der Waals surface area contributed by atoms with Crippen LogP contribution in [0.3, 0.4) is 0 Å². The molecule has 0 aliphatic rings. The van der Waals surface area contributed by atoms with Crippen LogP contribution < -0.4 is 15.6 Å². The molecular weight excluding hydrogens is 356 g/mol. The molecule has 2 aromatic heterocycles. The van der Waals surface area contributed by atoms with E-state index in [1.807, 2.05) is 44.2 Å². The van der Waals surface area contributed by atoms with E-state index >= 15 is 0 Å². The number of carbonyl (C=O) groups is 1. The molecule has 1 amide bonds. The van der Waals surface area contributed by atoms with Gasteiger partial charge in [0.15, 0.2) is 0 Å². The van der Waals surface area contributed by atoms with Crippen LogP contribution >= 0.6 is 0 Å². The number of hydrogen-bond donors (Lipinski definition) is 2. The summed E-state index contributed by atoms with van der Waals surface area (Å²) in [6.45, 7) is 4.40. The standard InChI is InChI=1S/C21H20N4O3/c1-3-28-15-8-6-7-14(11-15)13(2)23-21(27)17-12-22-25-18-10-5-4-9-16(18)20(26)24-19(17)25/h4-13H,3H2,1-2H3,(H,23,27)(H,24,26). The van der Waals surface area contributed by atoms with Crippen LogP contribution in [0.5, 0.6) is 5.75 Å². The lowest BCUT2D eigenvalue weighted by molar-refractivity contribution is 0.0941. The van der Waals surface area contributed by atoms with Crippen LogP contribution in [-0.4, -0.2) is 27.1 Å². The van der Waals surface area contributed by atoms with E-state index in [2.05, 4.69) is 15.4 Å². The summed E-state index contributed by atoms with van der Waals surface area (Å²) in [6, 6.07) is 14.5. The maximum absolute atomic E-state index is 12.8. The summed E-state index contributed by atoms with van der Waals surface area (Å²) < 4.78 is 7.10. The molecule has 0 saturated heterocycles. The van der Waals surface area contributed by atoms with Gasteiger partial charge in [0.2, 0.25) is 0 Å². The van der Waals surface area contributed by atoms with Crippen molar-refractivity contribution in [2.45, 2.75) is 19.9 Å². The lowest BCUT2D eigenvalue weighted by atomic mass is 10.1. The van der Waals surface area contributed by atoms with Gasteiger partial charge in [-0.3, -0.25) is 9.59 Å². The van der Waals surface area contributed by atoms with Crippen LogP contribution in [0.4, 0.5) is 0 Å². The first-order valence-corrected chi connectivity index (χ1v) is 9.11. The maximum Gasteiger partial charge on any atom is 0.259 e. The van der Waals surface area contributed by atoms with Crippen molar-refractivity contribution >= 4 is 22.5 Å². The Hall–Kier alpha value is -3.61. The van der Waals surface area contributed by atoms with Gasteiger partial charge < -0.3 is 15.0 Å². The van der Waals surface area contributed by atoms with E-state index in [1.165, 1.54) is 6.20 Å². The maximum atomic E-state index is 12.8. The molecule has 7 nitrogen and oxygen atoms in total. The van der Waals surface area contributed by atoms with Crippen molar-refractivity contribution in [2.24, 2.45) is 0 Å². The van der Waals surface area contributed by atoms with Crippen molar-refractivity contribution in [3.8, 4) is 5.75 Å². The van der Waals surface area contributed by atoms with Crippen LogP contribution in [0.15, 0.2) is 59.5 Å².